The third-order valence-electron chi connectivity index (χ3n) is 5.09. The lowest BCUT2D eigenvalue weighted by Crippen LogP contribution is -2.27. The van der Waals surface area contributed by atoms with Crippen molar-refractivity contribution in [3.05, 3.63) is 93.3 Å². The zero-order valence-electron chi connectivity index (χ0n) is 18.5. The number of nitrogens with zero attached hydrogens (tertiary/aromatic N) is 1. The van der Waals surface area contributed by atoms with Crippen LogP contribution >= 0.6 is 35.6 Å². The van der Waals surface area contributed by atoms with Crippen LogP contribution in [-0.2, 0) is 9.59 Å². The Labute approximate surface area is 212 Å². The van der Waals surface area contributed by atoms with Gasteiger partial charge < -0.3 is 10.1 Å². The van der Waals surface area contributed by atoms with Crippen molar-refractivity contribution in [2.45, 2.75) is 13.8 Å². The molecule has 34 heavy (non-hydrogen) atoms. The fourth-order valence-corrected chi connectivity index (χ4v) is 4.69. The largest absolute Gasteiger partial charge is 0.484 e. The minimum atomic E-state index is -0.288. The number of aryl methyl sites for hydroxylation is 2. The number of ether oxygens (including phenoxy) is 1. The molecule has 1 aliphatic heterocycles. The number of amides is 2. The average Bonchev–Trinajstić information content (AvgIpc) is 3.09. The molecule has 0 saturated carbocycles. The first-order valence-electron chi connectivity index (χ1n) is 10.4. The number of rotatable bonds is 6. The molecule has 0 unspecified atom stereocenters. The molecule has 1 saturated heterocycles. The van der Waals surface area contributed by atoms with E-state index in [0.29, 0.717) is 25.7 Å². The highest BCUT2D eigenvalue weighted by Crippen LogP contribution is 2.36. The molecular weight excluding hydrogens is 488 g/mol. The van der Waals surface area contributed by atoms with E-state index < -0.39 is 0 Å². The summed E-state index contributed by atoms with van der Waals surface area (Å²) in [4.78, 5) is 27.2. The highest BCUT2D eigenvalue weighted by atomic mass is 35.5. The van der Waals surface area contributed by atoms with Crippen molar-refractivity contribution in [3.63, 3.8) is 0 Å². The summed E-state index contributed by atoms with van der Waals surface area (Å²) in [6, 6.07) is 20.2. The molecule has 3 aromatic carbocycles. The van der Waals surface area contributed by atoms with Crippen LogP contribution in [0, 0.1) is 13.8 Å². The normalized spacial score (nSPS) is 14.6. The van der Waals surface area contributed by atoms with Crippen molar-refractivity contribution in [1.29, 1.82) is 0 Å². The molecule has 0 aliphatic carbocycles. The molecule has 0 bridgehead atoms. The van der Waals surface area contributed by atoms with Crippen LogP contribution in [0.3, 0.4) is 0 Å². The van der Waals surface area contributed by atoms with E-state index in [4.69, 9.17) is 28.6 Å². The summed E-state index contributed by atoms with van der Waals surface area (Å²) in [6.07, 6.45) is 1.80. The van der Waals surface area contributed by atoms with Crippen molar-refractivity contribution in [3.8, 4) is 5.75 Å². The Hall–Kier alpha value is -3.13. The number of carbonyl (C=O) groups excluding carboxylic acids is 2. The smallest absolute Gasteiger partial charge is 0.270 e. The van der Waals surface area contributed by atoms with Gasteiger partial charge in [0.1, 0.15) is 5.75 Å². The molecule has 172 valence electrons. The van der Waals surface area contributed by atoms with Crippen molar-refractivity contribution < 1.29 is 14.3 Å². The first kappa shape index (κ1) is 24.0. The number of carbonyl (C=O) groups is 2. The Kier molecular flexibility index (Phi) is 7.36. The summed E-state index contributed by atoms with van der Waals surface area (Å²) in [5.74, 6) is 0.109. The summed E-state index contributed by atoms with van der Waals surface area (Å²) in [6.45, 7) is 3.75. The van der Waals surface area contributed by atoms with Gasteiger partial charge in [-0.05, 0) is 67.4 Å². The molecule has 2 amide bonds. The first-order valence-corrected chi connectivity index (χ1v) is 12.0. The van der Waals surface area contributed by atoms with Gasteiger partial charge in [-0.1, -0.05) is 71.5 Å². The number of hydrogen-bond acceptors (Lipinski definition) is 5. The molecule has 4 rings (SSSR count). The van der Waals surface area contributed by atoms with E-state index in [1.54, 1.807) is 35.2 Å². The Morgan fingerprint density at radius 2 is 1.79 bits per heavy atom. The van der Waals surface area contributed by atoms with E-state index in [-0.39, 0.29) is 18.4 Å². The van der Waals surface area contributed by atoms with Crippen molar-refractivity contribution in [2.24, 2.45) is 0 Å². The fraction of sp³-hybridized carbons (Fsp3) is 0.115. The van der Waals surface area contributed by atoms with E-state index >= 15 is 0 Å². The number of benzene rings is 3. The SMILES string of the molecule is Cc1ccc(N2C(=O)/C(=C/c3ccc(OCC(=O)Nc4ccc(C)c(Cl)c4)cc3)SC2=S)cc1. The Morgan fingerprint density at radius 3 is 2.47 bits per heavy atom. The lowest BCUT2D eigenvalue weighted by molar-refractivity contribution is -0.118. The maximum atomic E-state index is 12.9. The van der Waals surface area contributed by atoms with E-state index in [1.807, 2.05) is 56.3 Å². The van der Waals surface area contributed by atoms with Gasteiger partial charge in [-0.3, -0.25) is 14.5 Å². The molecule has 0 aromatic heterocycles. The van der Waals surface area contributed by atoms with Crippen LogP contribution in [0.25, 0.3) is 6.08 Å². The monoisotopic (exact) mass is 508 g/mol. The molecule has 8 heteroatoms. The van der Waals surface area contributed by atoms with Gasteiger partial charge in [-0.2, -0.15) is 0 Å². The molecule has 0 atom stereocenters. The van der Waals surface area contributed by atoms with Gasteiger partial charge in [0.2, 0.25) is 0 Å². The number of halogens is 1. The van der Waals surface area contributed by atoms with Crippen LogP contribution in [0.1, 0.15) is 16.7 Å². The number of hydrogen-bond donors (Lipinski definition) is 1. The second-order valence-electron chi connectivity index (χ2n) is 7.72. The predicted molar refractivity (Wildman–Crippen MR) is 144 cm³/mol. The predicted octanol–water partition coefficient (Wildman–Crippen LogP) is 6.38. The summed E-state index contributed by atoms with van der Waals surface area (Å²) >= 11 is 12.8. The van der Waals surface area contributed by atoms with Crippen LogP contribution < -0.4 is 15.0 Å². The molecule has 1 N–H and O–H groups in total. The molecule has 0 spiro atoms. The molecular formula is C26H21ClN2O3S2. The highest BCUT2D eigenvalue weighted by molar-refractivity contribution is 8.27. The maximum Gasteiger partial charge on any atom is 0.270 e. The van der Waals surface area contributed by atoms with Gasteiger partial charge in [0.25, 0.3) is 11.8 Å². The molecule has 1 aliphatic rings. The zero-order chi connectivity index (χ0) is 24.2. The minimum Gasteiger partial charge on any atom is -0.484 e. The number of nitrogens with one attached hydrogen (secondary N) is 1. The number of thioether (sulfide) groups is 1. The van der Waals surface area contributed by atoms with Crippen LogP contribution in [0.15, 0.2) is 71.6 Å². The third-order valence-corrected chi connectivity index (χ3v) is 6.80. The van der Waals surface area contributed by atoms with Gasteiger partial charge >= 0.3 is 0 Å². The van der Waals surface area contributed by atoms with E-state index in [9.17, 15) is 9.59 Å². The van der Waals surface area contributed by atoms with Crippen LogP contribution in [0.4, 0.5) is 11.4 Å². The van der Waals surface area contributed by atoms with Crippen molar-refractivity contribution >= 4 is 69.2 Å². The summed E-state index contributed by atoms with van der Waals surface area (Å²) in [5, 5.41) is 3.34. The van der Waals surface area contributed by atoms with Crippen LogP contribution in [0.5, 0.6) is 5.75 Å². The Morgan fingerprint density at radius 1 is 1.09 bits per heavy atom. The molecule has 1 heterocycles. The van der Waals surface area contributed by atoms with E-state index in [1.165, 1.54) is 11.8 Å². The lowest BCUT2D eigenvalue weighted by Gasteiger charge is -2.14. The Bertz CT molecular complexity index is 1290. The second-order valence-corrected chi connectivity index (χ2v) is 9.81. The lowest BCUT2D eigenvalue weighted by atomic mass is 10.2. The fourth-order valence-electron chi connectivity index (χ4n) is 3.21. The van der Waals surface area contributed by atoms with Gasteiger partial charge in [-0.15, -0.1) is 0 Å². The van der Waals surface area contributed by atoms with E-state index in [0.717, 1.165) is 22.4 Å². The molecule has 3 aromatic rings. The van der Waals surface area contributed by atoms with Gasteiger partial charge in [0.15, 0.2) is 10.9 Å². The second kappa shape index (κ2) is 10.4. The zero-order valence-corrected chi connectivity index (χ0v) is 20.9. The first-order chi connectivity index (χ1) is 16.3. The van der Waals surface area contributed by atoms with Gasteiger partial charge in [0.05, 0.1) is 10.6 Å². The summed E-state index contributed by atoms with van der Waals surface area (Å²) in [7, 11) is 0. The van der Waals surface area contributed by atoms with Gasteiger partial charge in [0, 0.05) is 10.7 Å². The highest BCUT2D eigenvalue weighted by Gasteiger charge is 2.33. The maximum absolute atomic E-state index is 12.9. The molecule has 0 radical (unpaired) electrons. The van der Waals surface area contributed by atoms with E-state index in [2.05, 4.69) is 5.32 Å². The third kappa shape index (κ3) is 5.67. The Balaban J connectivity index is 1.36. The molecule has 1 fully saturated rings. The van der Waals surface area contributed by atoms with Gasteiger partial charge in [-0.25, -0.2) is 0 Å². The number of anilines is 2. The quantitative estimate of drug-likeness (QED) is 0.309. The average molecular weight is 509 g/mol. The van der Waals surface area contributed by atoms with Crippen LogP contribution in [-0.4, -0.2) is 22.7 Å². The summed E-state index contributed by atoms with van der Waals surface area (Å²) < 4.78 is 6.08. The number of thiocarbonyl (C=S) groups is 1. The topological polar surface area (TPSA) is 58.6 Å². The van der Waals surface area contributed by atoms with Crippen molar-refractivity contribution in [2.75, 3.05) is 16.8 Å². The summed E-state index contributed by atoms with van der Waals surface area (Å²) in [5.41, 5.74) is 4.25. The minimum absolute atomic E-state index is 0.139. The van der Waals surface area contributed by atoms with Crippen molar-refractivity contribution in [1.82, 2.24) is 0 Å². The molecule has 5 nitrogen and oxygen atoms in total. The van der Waals surface area contributed by atoms with Crippen LogP contribution in [0.2, 0.25) is 5.02 Å². The standard InChI is InChI=1S/C26H21ClN2O3S2/c1-16-3-9-20(10-4-16)29-25(31)23(34-26(29)33)13-18-6-11-21(12-7-18)32-15-24(30)28-19-8-5-17(2)22(27)14-19/h3-14H,15H2,1-2H3,(H,28,30)/b23-13-.